The van der Waals surface area contributed by atoms with E-state index in [0.29, 0.717) is 22.2 Å². The summed E-state index contributed by atoms with van der Waals surface area (Å²) in [5.41, 5.74) is 1.15. The number of aromatic nitrogens is 1. The van der Waals surface area contributed by atoms with Gasteiger partial charge in [-0.05, 0) is 36.9 Å². The molecule has 124 valence electrons. The van der Waals surface area contributed by atoms with Crippen molar-refractivity contribution in [1.82, 2.24) is 4.98 Å². The average molecular weight is 379 g/mol. The van der Waals surface area contributed by atoms with Crippen LogP contribution >= 0.6 is 34.0 Å². The third kappa shape index (κ3) is 3.55. The summed E-state index contributed by atoms with van der Waals surface area (Å²) in [7, 11) is 0. The van der Waals surface area contributed by atoms with Gasteiger partial charge in [-0.15, -0.1) is 34.0 Å². The molecule has 0 fully saturated rings. The number of carbonyl (C=O) groups excluding carboxylic acids is 2. The molecule has 3 aromatic heterocycles. The molecule has 3 heterocycles. The van der Waals surface area contributed by atoms with Gasteiger partial charge in [-0.1, -0.05) is 6.07 Å². The van der Waals surface area contributed by atoms with Crippen molar-refractivity contribution >= 4 is 50.9 Å². The lowest BCUT2D eigenvalue weighted by atomic mass is 10.3. The average Bonchev–Trinajstić information content (AvgIpc) is 3.27. The maximum absolute atomic E-state index is 12.3. The van der Waals surface area contributed by atoms with Gasteiger partial charge < -0.3 is 10.1 Å². The Balaban J connectivity index is 1.73. The van der Waals surface area contributed by atoms with Crippen molar-refractivity contribution in [3.05, 3.63) is 45.1 Å². The number of thiazole rings is 1. The number of esters is 1. The lowest BCUT2D eigenvalue weighted by Crippen LogP contribution is -2.11. The highest BCUT2D eigenvalue weighted by molar-refractivity contribution is 7.20. The Morgan fingerprint density at radius 1 is 1.33 bits per heavy atom. The zero-order chi connectivity index (χ0) is 17.1. The van der Waals surface area contributed by atoms with E-state index in [0.717, 1.165) is 15.4 Å². The zero-order valence-electron chi connectivity index (χ0n) is 13.0. The summed E-state index contributed by atoms with van der Waals surface area (Å²) in [5.74, 6) is -0.653. The Morgan fingerprint density at radius 2 is 2.17 bits per heavy atom. The van der Waals surface area contributed by atoms with Gasteiger partial charge in [0.15, 0.2) is 0 Å². The fraction of sp³-hybridized carbons (Fsp3) is 0.188. The van der Waals surface area contributed by atoms with Gasteiger partial charge in [-0.3, -0.25) is 4.79 Å². The Hall–Kier alpha value is -2.03. The number of hydrogen-bond donors (Lipinski definition) is 1. The first-order chi connectivity index (χ1) is 11.6. The second kappa shape index (κ2) is 7.25. The van der Waals surface area contributed by atoms with Gasteiger partial charge in [-0.2, -0.15) is 0 Å². The van der Waals surface area contributed by atoms with Crippen LogP contribution in [0, 0.1) is 6.92 Å². The van der Waals surface area contributed by atoms with E-state index < -0.39 is 0 Å². The molecule has 3 aromatic rings. The minimum Gasteiger partial charge on any atom is -0.462 e. The first-order valence-electron chi connectivity index (χ1n) is 7.16. The maximum Gasteiger partial charge on any atom is 0.348 e. The van der Waals surface area contributed by atoms with Crippen molar-refractivity contribution in [2.24, 2.45) is 0 Å². The predicted molar refractivity (Wildman–Crippen MR) is 98.4 cm³/mol. The number of ether oxygens (including phenoxy) is 1. The molecule has 0 aliphatic heterocycles. The van der Waals surface area contributed by atoms with Crippen molar-refractivity contribution in [3.63, 3.8) is 0 Å². The summed E-state index contributed by atoms with van der Waals surface area (Å²) in [4.78, 5) is 30.1. The lowest BCUT2D eigenvalue weighted by molar-refractivity contribution is 0.0531. The van der Waals surface area contributed by atoms with E-state index in [2.05, 4.69) is 10.3 Å². The molecule has 8 heteroatoms. The van der Waals surface area contributed by atoms with E-state index in [4.69, 9.17) is 4.74 Å². The fourth-order valence-corrected chi connectivity index (χ4v) is 4.59. The maximum atomic E-state index is 12.3. The molecule has 3 rings (SSSR count). The van der Waals surface area contributed by atoms with Crippen LogP contribution in [-0.4, -0.2) is 23.5 Å². The summed E-state index contributed by atoms with van der Waals surface area (Å²) in [6.07, 6.45) is 0. The normalized spacial score (nSPS) is 10.6. The van der Waals surface area contributed by atoms with Crippen molar-refractivity contribution in [3.8, 4) is 9.88 Å². The van der Waals surface area contributed by atoms with Crippen LogP contribution < -0.4 is 5.32 Å². The molecule has 0 bridgehead atoms. The monoisotopic (exact) mass is 378 g/mol. The van der Waals surface area contributed by atoms with E-state index in [9.17, 15) is 9.59 Å². The summed E-state index contributed by atoms with van der Waals surface area (Å²) < 4.78 is 5.01. The number of nitrogens with zero attached hydrogens (tertiary/aromatic N) is 1. The molecule has 0 spiro atoms. The highest BCUT2D eigenvalue weighted by Gasteiger charge is 2.18. The van der Waals surface area contributed by atoms with Crippen molar-refractivity contribution in [2.45, 2.75) is 13.8 Å². The van der Waals surface area contributed by atoms with Crippen LogP contribution in [-0.2, 0) is 4.74 Å². The SMILES string of the molecule is CCOC(=O)c1sc(NC(=O)c2csc(-c3cccs3)n2)cc1C. The van der Waals surface area contributed by atoms with Gasteiger partial charge >= 0.3 is 5.97 Å². The zero-order valence-corrected chi connectivity index (χ0v) is 15.4. The highest BCUT2D eigenvalue weighted by atomic mass is 32.1. The molecule has 1 N–H and O–H groups in total. The number of anilines is 1. The summed E-state index contributed by atoms with van der Waals surface area (Å²) in [6.45, 7) is 3.90. The second-order valence-corrected chi connectivity index (χ2v) is 7.67. The van der Waals surface area contributed by atoms with Crippen molar-refractivity contribution < 1.29 is 14.3 Å². The Labute approximate surface area is 150 Å². The largest absolute Gasteiger partial charge is 0.462 e. The number of rotatable bonds is 5. The summed E-state index contributed by atoms with van der Waals surface area (Å²) >= 11 is 4.23. The number of hydrogen-bond acceptors (Lipinski definition) is 7. The minimum atomic E-state index is -0.367. The smallest absolute Gasteiger partial charge is 0.348 e. The van der Waals surface area contributed by atoms with E-state index >= 15 is 0 Å². The fourth-order valence-electron chi connectivity index (χ4n) is 2.01. The van der Waals surface area contributed by atoms with Gasteiger partial charge in [0.2, 0.25) is 0 Å². The third-order valence-electron chi connectivity index (χ3n) is 3.08. The Kier molecular flexibility index (Phi) is 5.08. The van der Waals surface area contributed by atoms with Crippen LogP contribution in [0.1, 0.15) is 32.6 Å². The molecular weight excluding hydrogens is 364 g/mol. The number of thiophene rings is 2. The molecule has 0 aliphatic rings. The van der Waals surface area contributed by atoms with Gasteiger partial charge in [0.1, 0.15) is 15.6 Å². The molecule has 0 saturated heterocycles. The van der Waals surface area contributed by atoms with E-state index in [1.807, 2.05) is 24.4 Å². The Morgan fingerprint density at radius 3 is 2.88 bits per heavy atom. The van der Waals surface area contributed by atoms with Crippen molar-refractivity contribution in [1.29, 1.82) is 0 Å². The molecule has 0 radical (unpaired) electrons. The minimum absolute atomic E-state index is 0.286. The Bertz CT molecular complexity index is 865. The van der Waals surface area contributed by atoms with Gasteiger partial charge in [-0.25, -0.2) is 9.78 Å². The molecule has 1 amide bonds. The molecule has 0 saturated carbocycles. The van der Waals surface area contributed by atoms with Gasteiger partial charge in [0, 0.05) is 5.38 Å². The van der Waals surface area contributed by atoms with Gasteiger partial charge in [0.25, 0.3) is 5.91 Å². The quantitative estimate of drug-likeness (QED) is 0.655. The molecular formula is C16H14N2O3S3. The van der Waals surface area contributed by atoms with E-state index in [1.54, 1.807) is 29.7 Å². The topological polar surface area (TPSA) is 68.3 Å². The number of amides is 1. The van der Waals surface area contributed by atoms with Crippen molar-refractivity contribution in [2.75, 3.05) is 11.9 Å². The summed E-state index contributed by atoms with van der Waals surface area (Å²) in [6, 6.07) is 5.69. The van der Waals surface area contributed by atoms with Crippen LogP contribution in [0.4, 0.5) is 5.00 Å². The highest BCUT2D eigenvalue weighted by Crippen LogP contribution is 2.30. The molecule has 0 atom stereocenters. The second-order valence-electron chi connectivity index (χ2n) is 4.81. The first kappa shape index (κ1) is 16.8. The molecule has 0 aromatic carbocycles. The predicted octanol–water partition coefficient (Wildman–Crippen LogP) is 4.67. The standard InChI is InChI=1S/C16H14N2O3S3/c1-3-21-16(20)13-9(2)7-12(24-13)18-14(19)10-8-23-15(17-10)11-5-4-6-22-11/h4-8H,3H2,1-2H3,(H,18,19). The number of nitrogens with one attached hydrogen (secondary N) is 1. The lowest BCUT2D eigenvalue weighted by Gasteiger charge is -1.99. The molecule has 5 nitrogen and oxygen atoms in total. The van der Waals surface area contributed by atoms with Crippen LogP contribution in [0.5, 0.6) is 0 Å². The number of aryl methyl sites for hydroxylation is 1. The summed E-state index contributed by atoms with van der Waals surface area (Å²) in [5, 5.41) is 7.93. The molecule has 0 unspecified atom stereocenters. The van der Waals surface area contributed by atoms with Crippen LogP contribution in [0.25, 0.3) is 9.88 Å². The molecule has 0 aliphatic carbocycles. The van der Waals surface area contributed by atoms with E-state index in [-0.39, 0.29) is 11.9 Å². The first-order valence-corrected chi connectivity index (χ1v) is 9.74. The number of carbonyl (C=O) groups is 2. The van der Waals surface area contributed by atoms with Gasteiger partial charge in [0.05, 0.1) is 16.5 Å². The van der Waals surface area contributed by atoms with Crippen LogP contribution in [0.2, 0.25) is 0 Å². The third-order valence-corrected chi connectivity index (χ3v) is 6.10. The molecule has 24 heavy (non-hydrogen) atoms. The van der Waals surface area contributed by atoms with Crippen LogP contribution in [0.3, 0.4) is 0 Å². The van der Waals surface area contributed by atoms with Crippen LogP contribution in [0.15, 0.2) is 29.0 Å². The van der Waals surface area contributed by atoms with E-state index in [1.165, 1.54) is 22.7 Å².